The molecule has 0 fully saturated rings. The molecule has 1 aromatic rings. The molecule has 0 aliphatic heterocycles. The Morgan fingerprint density at radius 3 is 2.80 bits per heavy atom. The smallest absolute Gasteiger partial charge is 0.358 e. The number of aliphatic hydroxyl groups is 1. The Morgan fingerprint density at radius 2 is 2.33 bits per heavy atom. The topological polar surface area (TPSA) is 90.4 Å². The fraction of sp³-hybridized carbons (Fsp3) is 0.556. The number of carbonyl (C=O) groups is 1. The van der Waals surface area contributed by atoms with E-state index < -0.39 is 5.97 Å². The third-order valence-corrected chi connectivity index (χ3v) is 2.01. The van der Waals surface area contributed by atoms with Gasteiger partial charge in [-0.15, -0.1) is 0 Å². The number of aliphatic hydroxyl groups excluding tert-OH is 1. The van der Waals surface area contributed by atoms with Gasteiger partial charge in [0.05, 0.1) is 18.0 Å². The number of aromatic nitrogens is 2. The van der Waals surface area contributed by atoms with E-state index in [0.717, 1.165) is 0 Å². The number of anilines is 1. The lowest BCUT2D eigenvalue weighted by Gasteiger charge is -2.03. The average molecular weight is 213 g/mol. The van der Waals surface area contributed by atoms with Gasteiger partial charge >= 0.3 is 5.97 Å². The van der Waals surface area contributed by atoms with Crippen LogP contribution in [0.15, 0.2) is 0 Å². The lowest BCUT2D eigenvalue weighted by molar-refractivity contribution is 0.0422. The second kappa shape index (κ2) is 4.79. The van der Waals surface area contributed by atoms with Crippen molar-refractivity contribution in [2.24, 2.45) is 7.05 Å². The lowest BCUT2D eigenvalue weighted by Crippen LogP contribution is -2.14. The second-order valence-corrected chi connectivity index (χ2v) is 3.05. The van der Waals surface area contributed by atoms with Crippen molar-refractivity contribution in [3.63, 3.8) is 0 Å². The van der Waals surface area contributed by atoms with Gasteiger partial charge in [-0.25, -0.2) is 4.79 Å². The highest BCUT2D eigenvalue weighted by atomic mass is 16.5. The van der Waals surface area contributed by atoms with Crippen LogP contribution in [0.3, 0.4) is 0 Å². The Kier molecular flexibility index (Phi) is 3.68. The molecule has 0 aliphatic rings. The van der Waals surface area contributed by atoms with Crippen LogP contribution < -0.4 is 5.73 Å². The predicted molar refractivity (Wildman–Crippen MR) is 54.4 cm³/mol. The van der Waals surface area contributed by atoms with Crippen LogP contribution in [0.1, 0.15) is 23.1 Å². The molecular weight excluding hydrogens is 198 g/mol. The van der Waals surface area contributed by atoms with Gasteiger partial charge in [0, 0.05) is 7.05 Å². The number of ether oxygens (including phenoxy) is 1. The molecule has 0 bridgehead atoms. The van der Waals surface area contributed by atoms with Crippen molar-refractivity contribution in [2.75, 3.05) is 18.9 Å². The summed E-state index contributed by atoms with van der Waals surface area (Å²) in [7, 11) is 1.63. The third kappa shape index (κ3) is 2.27. The van der Waals surface area contributed by atoms with Gasteiger partial charge < -0.3 is 15.6 Å². The number of nitrogen functional groups attached to an aromatic ring is 1. The highest BCUT2D eigenvalue weighted by molar-refractivity contribution is 5.93. The van der Waals surface area contributed by atoms with Crippen LogP contribution in [-0.4, -0.2) is 34.1 Å². The molecule has 1 heterocycles. The molecule has 1 rings (SSSR count). The molecule has 84 valence electrons. The van der Waals surface area contributed by atoms with E-state index >= 15 is 0 Å². The van der Waals surface area contributed by atoms with Crippen molar-refractivity contribution in [3.8, 4) is 0 Å². The molecule has 6 heteroatoms. The summed E-state index contributed by atoms with van der Waals surface area (Å²) >= 11 is 0. The molecule has 15 heavy (non-hydrogen) atoms. The second-order valence-electron chi connectivity index (χ2n) is 3.05. The van der Waals surface area contributed by atoms with Crippen molar-refractivity contribution in [3.05, 3.63) is 11.4 Å². The zero-order valence-electron chi connectivity index (χ0n) is 8.86. The van der Waals surface area contributed by atoms with Crippen LogP contribution in [0.25, 0.3) is 0 Å². The molecule has 6 nitrogen and oxygen atoms in total. The highest BCUT2D eigenvalue weighted by Crippen LogP contribution is 2.17. The minimum atomic E-state index is -0.559. The number of aryl methyl sites for hydroxylation is 2. The molecule has 3 N–H and O–H groups in total. The number of hydrogen-bond donors (Lipinski definition) is 2. The number of esters is 1. The molecule has 0 saturated heterocycles. The first kappa shape index (κ1) is 11.5. The van der Waals surface area contributed by atoms with Gasteiger partial charge in [-0.3, -0.25) is 4.68 Å². The summed E-state index contributed by atoms with van der Waals surface area (Å²) in [4.78, 5) is 11.5. The van der Waals surface area contributed by atoms with E-state index in [1.54, 1.807) is 7.05 Å². The SMILES string of the molecule is CCc1nn(C)c(C(=O)OCCO)c1N. The minimum absolute atomic E-state index is 0.0368. The van der Waals surface area contributed by atoms with E-state index in [9.17, 15) is 4.79 Å². The van der Waals surface area contributed by atoms with Crippen molar-refractivity contribution < 1.29 is 14.6 Å². The summed E-state index contributed by atoms with van der Waals surface area (Å²) in [5.74, 6) is -0.559. The largest absolute Gasteiger partial charge is 0.458 e. The van der Waals surface area contributed by atoms with Gasteiger partial charge in [0.2, 0.25) is 0 Å². The Labute approximate surface area is 87.6 Å². The monoisotopic (exact) mass is 213 g/mol. The summed E-state index contributed by atoms with van der Waals surface area (Å²) in [6, 6.07) is 0. The summed E-state index contributed by atoms with van der Waals surface area (Å²) < 4.78 is 6.16. The number of carbonyl (C=O) groups excluding carboxylic acids is 1. The van der Waals surface area contributed by atoms with Crippen molar-refractivity contribution in [2.45, 2.75) is 13.3 Å². The van der Waals surface area contributed by atoms with E-state index in [2.05, 4.69) is 5.10 Å². The standard InChI is InChI=1S/C9H15N3O3/c1-3-6-7(10)8(12(2)11-6)9(14)15-5-4-13/h13H,3-5,10H2,1-2H3. The fourth-order valence-electron chi connectivity index (χ4n) is 1.31. The van der Waals surface area contributed by atoms with Crippen molar-refractivity contribution in [1.29, 1.82) is 0 Å². The van der Waals surface area contributed by atoms with Crippen molar-refractivity contribution >= 4 is 11.7 Å². The third-order valence-electron chi connectivity index (χ3n) is 2.01. The fourth-order valence-corrected chi connectivity index (χ4v) is 1.31. The molecule has 0 aliphatic carbocycles. The van der Waals surface area contributed by atoms with E-state index in [1.807, 2.05) is 6.92 Å². The maximum Gasteiger partial charge on any atom is 0.358 e. The minimum Gasteiger partial charge on any atom is -0.458 e. The first-order chi connectivity index (χ1) is 7.11. The van der Waals surface area contributed by atoms with Gasteiger partial charge in [-0.2, -0.15) is 5.10 Å². The zero-order valence-corrected chi connectivity index (χ0v) is 8.86. The summed E-state index contributed by atoms with van der Waals surface area (Å²) in [6.07, 6.45) is 0.660. The van der Waals surface area contributed by atoms with Gasteiger partial charge in [-0.1, -0.05) is 6.92 Å². The molecule has 0 radical (unpaired) electrons. The van der Waals surface area contributed by atoms with Crippen LogP contribution in [0, 0.1) is 0 Å². The Balaban J connectivity index is 2.93. The van der Waals surface area contributed by atoms with Crippen LogP contribution in [0.5, 0.6) is 0 Å². The number of hydrogen-bond acceptors (Lipinski definition) is 5. The molecule has 0 spiro atoms. The van der Waals surface area contributed by atoms with Crippen LogP contribution in [0.4, 0.5) is 5.69 Å². The van der Waals surface area contributed by atoms with E-state index in [1.165, 1.54) is 4.68 Å². The predicted octanol–water partition coefficient (Wildman–Crippen LogP) is -0.286. The Morgan fingerprint density at radius 1 is 1.67 bits per heavy atom. The van der Waals surface area contributed by atoms with Crippen LogP contribution in [0.2, 0.25) is 0 Å². The maximum atomic E-state index is 11.5. The number of nitrogens with zero attached hydrogens (tertiary/aromatic N) is 2. The quantitative estimate of drug-likeness (QED) is 0.671. The van der Waals surface area contributed by atoms with E-state index in [0.29, 0.717) is 17.8 Å². The normalized spacial score (nSPS) is 10.3. The molecule has 0 saturated carbocycles. The zero-order chi connectivity index (χ0) is 11.4. The molecule has 0 unspecified atom stereocenters. The van der Waals surface area contributed by atoms with Crippen molar-refractivity contribution in [1.82, 2.24) is 9.78 Å². The molecule has 0 aromatic carbocycles. The molecule has 0 amide bonds. The number of rotatable bonds is 4. The first-order valence-corrected chi connectivity index (χ1v) is 4.71. The van der Waals surface area contributed by atoms with Gasteiger partial charge in [0.1, 0.15) is 6.61 Å². The Bertz CT molecular complexity index is 360. The lowest BCUT2D eigenvalue weighted by atomic mass is 10.2. The Hall–Kier alpha value is -1.56. The summed E-state index contributed by atoms with van der Waals surface area (Å²) in [5, 5.41) is 12.6. The van der Waals surface area contributed by atoms with Gasteiger partial charge in [-0.05, 0) is 6.42 Å². The van der Waals surface area contributed by atoms with E-state index in [4.69, 9.17) is 15.6 Å². The average Bonchev–Trinajstić information content (AvgIpc) is 2.50. The number of nitrogens with two attached hydrogens (primary N) is 1. The summed E-state index contributed by atoms with van der Waals surface area (Å²) in [5.41, 5.74) is 7.00. The highest BCUT2D eigenvalue weighted by Gasteiger charge is 2.19. The maximum absolute atomic E-state index is 11.5. The van der Waals surface area contributed by atoms with Crippen LogP contribution in [-0.2, 0) is 18.2 Å². The first-order valence-electron chi connectivity index (χ1n) is 4.71. The summed E-state index contributed by atoms with van der Waals surface area (Å²) in [6.45, 7) is 1.66. The van der Waals surface area contributed by atoms with E-state index in [-0.39, 0.29) is 18.9 Å². The molecule has 1 aromatic heterocycles. The molecule has 0 atom stereocenters. The van der Waals surface area contributed by atoms with Gasteiger partial charge in [0.25, 0.3) is 0 Å². The van der Waals surface area contributed by atoms with Gasteiger partial charge in [0.15, 0.2) is 5.69 Å². The molecular formula is C9H15N3O3. The van der Waals surface area contributed by atoms with Crippen LogP contribution >= 0.6 is 0 Å².